The molecule has 0 aliphatic heterocycles. The van der Waals surface area contributed by atoms with E-state index in [-0.39, 0.29) is 12.4 Å². The molecule has 0 aliphatic carbocycles. The summed E-state index contributed by atoms with van der Waals surface area (Å²) < 4.78 is 5.28. The van der Waals surface area contributed by atoms with Gasteiger partial charge in [-0.3, -0.25) is 9.59 Å². The van der Waals surface area contributed by atoms with Crippen molar-refractivity contribution in [3.05, 3.63) is 33.4 Å². The van der Waals surface area contributed by atoms with Crippen molar-refractivity contribution in [1.29, 1.82) is 0 Å². The first-order valence-corrected chi connectivity index (χ1v) is 6.11. The van der Waals surface area contributed by atoms with Crippen LogP contribution in [0.15, 0.2) is 24.3 Å². The Hall–Kier alpha value is -1.24. The van der Waals surface area contributed by atoms with E-state index < -0.39 is 18.2 Å². The van der Waals surface area contributed by atoms with Gasteiger partial charge in [-0.15, -0.1) is 0 Å². The number of hydrogen-bond acceptors (Lipinski definition) is 4. The molecule has 90 valence electrons. The maximum Gasteiger partial charge on any atom is 0.375 e. The number of benzene rings is 1. The number of ether oxygens (including phenoxy) is 1. The molecule has 0 atom stereocenters. The number of hydrogen-bond donors (Lipinski definition) is 0. The fourth-order valence-corrected chi connectivity index (χ4v) is 1.90. The largest absolute Gasteiger partial charge is 0.460 e. The van der Waals surface area contributed by atoms with Crippen LogP contribution in [-0.2, 0) is 14.3 Å². The SMILES string of the molecule is CCOC(=O)C(=O)CC(=O)c1ccccc1I. The standard InChI is InChI=1S/C12H11IO4/c1-2-17-12(16)11(15)7-10(14)8-5-3-4-6-9(8)13/h3-6H,2,7H2,1H3. The molecule has 0 radical (unpaired) electrons. The second-order valence-corrected chi connectivity index (χ2v) is 4.39. The molecular formula is C12H11IO4. The highest BCUT2D eigenvalue weighted by Crippen LogP contribution is 2.13. The van der Waals surface area contributed by atoms with Crippen molar-refractivity contribution in [2.24, 2.45) is 0 Å². The number of rotatable bonds is 5. The molecular weight excluding hydrogens is 335 g/mol. The van der Waals surface area contributed by atoms with Crippen molar-refractivity contribution in [2.45, 2.75) is 13.3 Å². The van der Waals surface area contributed by atoms with Gasteiger partial charge < -0.3 is 4.74 Å². The van der Waals surface area contributed by atoms with Crippen LogP contribution in [0, 0.1) is 3.57 Å². The van der Waals surface area contributed by atoms with E-state index in [1.54, 1.807) is 31.2 Å². The van der Waals surface area contributed by atoms with Gasteiger partial charge in [0, 0.05) is 9.13 Å². The van der Waals surface area contributed by atoms with Gasteiger partial charge in [0.15, 0.2) is 5.78 Å². The summed E-state index contributed by atoms with van der Waals surface area (Å²) in [6, 6.07) is 6.90. The van der Waals surface area contributed by atoms with Crippen LogP contribution < -0.4 is 0 Å². The molecule has 0 saturated heterocycles. The summed E-state index contributed by atoms with van der Waals surface area (Å²) in [4.78, 5) is 34.2. The molecule has 1 aromatic carbocycles. The second kappa shape index (κ2) is 6.48. The monoisotopic (exact) mass is 346 g/mol. The molecule has 0 N–H and O–H groups in total. The molecule has 0 fully saturated rings. The zero-order chi connectivity index (χ0) is 12.8. The van der Waals surface area contributed by atoms with Gasteiger partial charge in [-0.05, 0) is 35.6 Å². The van der Waals surface area contributed by atoms with E-state index in [1.165, 1.54) is 0 Å². The predicted octanol–water partition coefficient (Wildman–Crippen LogP) is 2.00. The van der Waals surface area contributed by atoms with E-state index in [1.807, 2.05) is 22.6 Å². The average Bonchev–Trinajstić information content (AvgIpc) is 2.29. The van der Waals surface area contributed by atoms with E-state index in [2.05, 4.69) is 4.74 Å². The van der Waals surface area contributed by atoms with Gasteiger partial charge in [0.1, 0.15) is 0 Å². The number of halogens is 1. The van der Waals surface area contributed by atoms with Crippen molar-refractivity contribution in [3.63, 3.8) is 0 Å². The molecule has 4 nitrogen and oxygen atoms in total. The van der Waals surface area contributed by atoms with Crippen molar-refractivity contribution in [3.8, 4) is 0 Å². The van der Waals surface area contributed by atoms with Gasteiger partial charge in [0.2, 0.25) is 5.78 Å². The zero-order valence-corrected chi connectivity index (χ0v) is 11.4. The van der Waals surface area contributed by atoms with Gasteiger partial charge >= 0.3 is 5.97 Å². The fraction of sp³-hybridized carbons (Fsp3) is 0.250. The molecule has 0 aromatic heterocycles. The molecule has 0 bridgehead atoms. The van der Waals surface area contributed by atoms with Gasteiger partial charge in [0.25, 0.3) is 0 Å². The predicted molar refractivity (Wildman–Crippen MR) is 69.7 cm³/mol. The highest BCUT2D eigenvalue weighted by atomic mass is 127. The van der Waals surface area contributed by atoms with Gasteiger partial charge in [-0.2, -0.15) is 0 Å². The van der Waals surface area contributed by atoms with Crippen LogP contribution in [0.5, 0.6) is 0 Å². The maximum atomic E-state index is 11.8. The van der Waals surface area contributed by atoms with E-state index >= 15 is 0 Å². The van der Waals surface area contributed by atoms with Gasteiger partial charge in [-0.25, -0.2) is 4.79 Å². The Kier molecular flexibility index (Phi) is 5.27. The number of Topliss-reactive ketones (excluding diaryl/α,β-unsaturated/α-hetero) is 2. The summed E-state index contributed by atoms with van der Waals surface area (Å²) in [5.74, 6) is -2.13. The van der Waals surface area contributed by atoms with Crippen LogP contribution in [-0.4, -0.2) is 24.1 Å². The van der Waals surface area contributed by atoms with E-state index in [9.17, 15) is 14.4 Å². The normalized spacial score (nSPS) is 9.76. The summed E-state index contributed by atoms with van der Waals surface area (Å²) in [5, 5.41) is 0. The highest BCUT2D eigenvalue weighted by Gasteiger charge is 2.20. The Bertz CT molecular complexity index is 454. The Labute approximate surface area is 112 Å². The van der Waals surface area contributed by atoms with E-state index in [0.29, 0.717) is 5.56 Å². The third kappa shape index (κ3) is 3.92. The minimum absolute atomic E-state index is 0.127. The minimum Gasteiger partial charge on any atom is -0.460 e. The van der Waals surface area contributed by atoms with E-state index in [4.69, 9.17) is 0 Å². The van der Waals surface area contributed by atoms with Crippen LogP contribution in [0.4, 0.5) is 0 Å². The van der Waals surface area contributed by atoms with Gasteiger partial charge in [0.05, 0.1) is 13.0 Å². The average molecular weight is 346 g/mol. The first kappa shape index (κ1) is 13.8. The van der Waals surface area contributed by atoms with Crippen LogP contribution in [0.1, 0.15) is 23.7 Å². The molecule has 1 aromatic rings. The third-order valence-electron chi connectivity index (χ3n) is 2.00. The third-order valence-corrected chi connectivity index (χ3v) is 2.94. The van der Waals surface area contributed by atoms with Crippen LogP contribution in [0.3, 0.4) is 0 Å². The first-order valence-electron chi connectivity index (χ1n) is 5.04. The van der Waals surface area contributed by atoms with Gasteiger partial charge in [-0.1, -0.05) is 18.2 Å². The molecule has 0 aliphatic rings. The highest BCUT2D eigenvalue weighted by molar-refractivity contribution is 14.1. The maximum absolute atomic E-state index is 11.8. The summed E-state index contributed by atoms with van der Waals surface area (Å²) in [6.07, 6.45) is -0.446. The molecule has 0 spiro atoms. The van der Waals surface area contributed by atoms with Crippen molar-refractivity contribution in [1.82, 2.24) is 0 Å². The Morgan fingerprint density at radius 1 is 1.24 bits per heavy atom. The number of esters is 1. The van der Waals surface area contributed by atoms with Crippen LogP contribution >= 0.6 is 22.6 Å². The van der Waals surface area contributed by atoms with Crippen LogP contribution in [0.2, 0.25) is 0 Å². The zero-order valence-electron chi connectivity index (χ0n) is 9.23. The Morgan fingerprint density at radius 2 is 1.88 bits per heavy atom. The summed E-state index contributed by atoms with van der Waals surface area (Å²) >= 11 is 2.01. The minimum atomic E-state index is -0.952. The summed E-state index contributed by atoms with van der Waals surface area (Å²) in [5.41, 5.74) is 0.450. The molecule has 0 unspecified atom stereocenters. The first-order chi connectivity index (χ1) is 8.06. The second-order valence-electron chi connectivity index (χ2n) is 3.22. The lowest BCUT2D eigenvalue weighted by atomic mass is 10.1. The molecule has 0 saturated carbocycles. The Morgan fingerprint density at radius 3 is 2.47 bits per heavy atom. The molecule has 0 heterocycles. The molecule has 1 rings (SSSR count). The smallest absolute Gasteiger partial charge is 0.375 e. The van der Waals surface area contributed by atoms with Crippen LogP contribution in [0.25, 0.3) is 0 Å². The quantitative estimate of drug-likeness (QED) is 0.269. The number of ketones is 2. The number of carbonyl (C=O) groups is 3. The topological polar surface area (TPSA) is 60.4 Å². The number of carbonyl (C=O) groups excluding carboxylic acids is 3. The Balaban J connectivity index is 2.71. The fourth-order valence-electron chi connectivity index (χ4n) is 1.21. The summed E-state index contributed by atoms with van der Waals surface area (Å²) in [6.45, 7) is 1.73. The summed E-state index contributed by atoms with van der Waals surface area (Å²) in [7, 11) is 0. The lowest BCUT2D eigenvalue weighted by Crippen LogP contribution is -2.21. The lowest BCUT2D eigenvalue weighted by molar-refractivity contribution is -0.153. The lowest BCUT2D eigenvalue weighted by Gasteiger charge is -2.03. The molecule has 5 heteroatoms. The van der Waals surface area contributed by atoms with Crippen molar-refractivity contribution in [2.75, 3.05) is 6.61 Å². The van der Waals surface area contributed by atoms with Crippen molar-refractivity contribution >= 4 is 40.1 Å². The molecule has 0 amide bonds. The van der Waals surface area contributed by atoms with Crippen molar-refractivity contribution < 1.29 is 19.1 Å². The van der Waals surface area contributed by atoms with E-state index in [0.717, 1.165) is 3.57 Å². The molecule has 17 heavy (non-hydrogen) atoms.